The molecule has 1 saturated carbocycles. The Hall–Kier alpha value is -2.83. The molecule has 0 radical (unpaired) electrons. The first kappa shape index (κ1) is 19.2. The van der Waals surface area contributed by atoms with Gasteiger partial charge in [-0.2, -0.15) is 5.10 Å². The van der Waals surface area contributed by atoms with Crippen molar-refractivity contribution in [2.45, 2.75) is 63.1 Å². The number of Topliss-reactive ketones (excluding diaryl/α,β-unsaturated/α-hetero) is 1. The van der Waals surface area contributed by atoms with E-state index in [4.69, 9.17) is 4.74 Å². The van der Waals surface area contributed by atoms with E-state index < -0.39 is 5.60 Å². The number of hydrogen-bond donors (Lipinski definition) is 1. The van der Waals surface area contributed by atoms with Crippen LogP contribution in [0.2, 0.25) is 0 Å². The number of benzene rings is 1. The summed E-state index contributed by atoms with van der Waals surface area (Å²) in [5.41, 5.74) is 1.35. The van der Waals surface area contributed by atoms with Crippen LogP contribution in [0.5, 0.6) is 5.75 Å². The molecule has 1 saturated heterocycles. The van der Waals surface area contributed by atoms with Crippen LogP contribution in [0.4, 0.5) is 4.79 Å². The van der Waals surface area contributed by atoms with Gasteiger partial charge in [-0.1, -0.05) is 30.3 Å². The van der Waals surface area contributed by atoms with E-state index in [0.29, 0.717) is 49.7 Å². The number of amides is 2. The molecule has 1 aliphatic carbocycles. The smallest absolute Gasteiger partial charge is 0.317 e. The van der Waals surface area contributed by atoms with E-state index in [0.717, 1.165) is 6.42 Å². The molecule has 158 valence electrons. The summed E-state index contributed by atoms with van der Waals surface area (Å²) < 4.78 is 8.04. The third-order valence-corrected chi connectivity index (χ3v) is 6.61. The average molecular weight is 409 g/mol. The second-order valence-corrected chi connectivity index (χ2v) is 9.08. The Morgan fingerprint density at radius 1 is 1.23 bits per heavy atom. The van der Waals surface area contributed by atoms with Crippen LogP contribution >= 0.6 is 0 Å². The van der Waals surface area contributed by atoms with Crippen molar-refractivity contribution in [1.82, 2.24) is 20.0 Å². The lowest BCUT2D eigenvalue weighted by Gasteiger charge is -2.43. The van der Waals surface area contributed by atoms with E-state index in [9.17, 15) is 9.59 Å². The van der Waals surface area contributed by atoms with Crippen LogP contribution in [-0.2, 0) is 0 Å². The topological polar surface area (TPSA) is 76.5 Å². The van der Waals surface area contributed by atoms with Crippen molar-refractivity contribution in [2.24, 2.45) is 0 Å². The third kappa shape index (κ3) is 3.36. The fraction of sp³-hybridized carbons (Fsp3) is 0.522. The first-order valence-corrected chi connectivity index (χ1v) is 10.9. The molecule has 7 nitrogen and oxygen atoms in total. The predicted octanol–water partition coefficient (Wildman–Crippen LogP) is 3.53. The van der Waals surface area contributed by atoms with E-state index in [1.165, 1.54) is 5.56 Å². The quantitative estimate of drug-likeness (QED) is 0.843. The number of carbonyl (C=O) groups is 2. The lowest BCUT2D eigenvalue weighted by atomic mass is 9.84. The zero-order valence-electron chi connectivity index (χ0n) is 17.5. The number of hydrogen-bond acceptors (Lipinski definition) is 4. The molecule has 2 fully saturated rings. The number of rotatable bonds is 3. The molecule has 30 heavy (non-hydrogen) atoms. The Morgan fingerprint density at radius 3 is 2.67 bits per heavy atom. The Bertz CT molecular complexity index is 960. The van der Waals surface area contributed by atoms with Crippen molar-refractivity contribution >= 4 is 11.8 Å². The van der Waals surface area contributed by atoms with Crippen molar-refractivity contribution < 1.29 is 14.3 Å². The summed E-state index contributed by atoms with van der Waals surface area (Å²) in [6.07, 6.45) is 4.32. The molecule has 2 atom stereocenters. The Morgan fingerprint density at radius 2 is 1.97 bits per heavy atom. The second-order valence-electron chi connectivity index (χ2n) is 9.08. The number of urea groups is 1. The normalized spacial score (nSPS) is 24.5. The second kappa shape index (κ2) is 7.15. The van der Waals surface area contributed by atoms with Gasteiger partial charge in [0.05, 0.1) is 12.6 Å². The molecule has 7 heteroatoms. The zero-order valence-corrected chi connectivity index (χ0v) is 17.5. The summed E-state index contributed by atoms with van der Waals surface area (Å²) in [5, 5.41) is 7.51. The predicted molar refractivity (Wildman–Crippen MR) is 112 cm³/mol. The van der Waals surface area contributed by atoms with Gasteiger partial charge in [-0.05, 0) is 25.8 Å². The maximum absolute atomic E-state index is 12.9. The lowest BCUT2D eigenvalue weighted by molar-refractivity contribution is -0.00139. The van der Waals surface area contributed by atoms with Crippen LogP contribution in [-0.4, -0.2) is 51.2 Å². The molecule has 1 spiro atoms. The molecule has 1 aromatic carbocycles. The van der Waals surface area contributed by atoms with E-state index in [1.54, 1.807) is 10.9 Å². The number of ketones is 1. The SMILES string of the molecule is CC(C)n1ncc2c1C(=O)CC1(CCN(C(=O)N[C@@H]3C[C@H]3c3ccccc3)CC1)O2. The number of carbonyl (C=O) groups excluding carboxylic acids is 2. The van der Waals surface area contributed by atoms with Gasteiger partial charge in [0.25, 0.3) is 0 Å². The number of nitrogens with one attached hydrogen (secondary N) is 1. The van der Waals surface area contributed by atoms with Gasteiger partial charge in [-0.15, -0.1) is 0 Å². The van der Waals surface area contributed by atoms with Crippen LogP contribution in [0.25, 0.3) is 0 Å². The molecule has 5 rings (SSSR count). The molecule has 3 heterocycles. The highest BCUT2D eigenvalue weighted by Crippen LogP contribution is 2.42. The minimum atomic E-state index is -0.516. The van der Waals surface area contributed by atoms with Gasteiger partial charge in [0.2, 0.25) is 0 Å². The van der Waals surface area contributed by atoms with Gasteiger partial charge in [0, 0.05) is 43.9 Å². The van der Waals surface area contributed by atoms with Crippen LogP contribution in [0.1, 0.15) is 67.5 Å². The van der Waals surface area contributed by atoms with Crippen molar-refractivity contribution in [3.05, 3.63) is 47.8 Å². The minimum absolute atomic E-state index is 0.0104. The van der Waals surface area contributed by atoms with Crippen LogP contribution < -0.4 is 10.1 Å². The molecule has 1 aromatic heterocycles. The van der Waals surface area contributed by atoms with Gasteiger partial charge >= 0.3 is 6.03 Å². The first-order chi connectivity index (χ1) is 14.5. The van der Waals surface area contributed by atoms with Gasteiger partial charge in [0.15, 0.2) is 11.5 Å². The number of aromatic nitrogens is 2. The number of likely N-dealkylation sites (tertiary alicyclic amines) is 1. The van der Waals surface area contributed by atoms with Crippen molar-refractivity contribution in [3.8, 4) is 5.75 Å². The highest BCUT2D eigenvalue weighted by atomic mass is 16.5. The van der Waals surface area contributed by atoms with Crippen LogP contribution in [0.3, 0.4) is 0 Å². The van der Waals surface area contributed by atoms with Gasteiger partial charge < -0.3 is 15.0 Å². The number of ether oxygens (including phenoxy) is 1. The van der Waals surface area contributed by atoms with Crippen LogP contribution in [0.15, 0.2) is 36.5 Å². The Balaban J connectivity index is 1.18. The zero-order chi connectivity index (χ0) is 20.9. The molecule has 2 aliphatic heterocycles. The lowest BCUT2D eigenvalue weighted by Crippen LogP contribution is -2.54. The van der Waals surface area contributed by atoms with Crippen molar-refractivity contribution in [2.75, 3.05) is 13.1 Å². The number of fused-ring (bicyclic) bond motifs is 1. The Kier molecular flexibility index (Phi) is 4.56. The Labute approximate surface area is 176 Å². The average Bonchev–Trinajstić information content (AvgIpc) is 3.36. The summed E-state index contributed by atoms with van der Waals surface area (Å²) >= 11 is 0. The van der Waals surface area contributed by atoms with Crippen molar-refractivity contribution in [1.29, 1.82) is 0 Å². The monoisotopic (exact) mass is 408 g/mol. The fourth-order valence-electron chi connectivity index (χ4n) is 4.79. The molecular weight excluding hydrogens is 380 g/mol. The van der Waals surface area contributed by atoms with Gasteiger partial charge in [0.1, 0.15) is 11.3 Å². The van der Waals surface area contributed by atoms with E-state index in [2.05, 4.69) is 22.5 Å². The summed E-state index contributed by atoms with van der Waals surface area (Å²) in [6.45, 7) is 5.19. The number of nitrogens with zero attached hydrogens (tertiary/aromatic N) is 3. The molecular formula is C23H28N4O3. The highest BCUT2D eigenvalue weighted by Gasteiger charge is 2.46. The standard InChI is InChI=1S/C23H28N4O3/c1-15(2)27-21-19(28)13-23(30-20(21)14-24-27)8-10-26(11-9-23)22(29)25-18-12-17(18)16-6-4-3-5-7-16/h3-7,14-15,17-18H,8-13H2,1-2H3,(H,25,29)/t17-,18+/m0/s1. The molecule has 1 N–H and O–H groups in total. The van der Waals surface area contributed by atoms with E-state index >= 15 is 0 Å². The summed E-state index contributed by atoms with van der Waals surface area (Å²) in [5.74, 6) is 1.09. The largest absolute Gasteiger partial charge is 0.483 e. The maximum atomic E-state index is 12.9. The maximum Gasteiger partial charge on any atom is 0.317 e. The van der Waals surface area contributed by atoms with Gasteiger partial charge in [-0.25, -0.2) is 4.79 Å². The van der Waals surface area contributed by atoms with Gasteiger partial charge in [-0.3, -0.25) is 9.48 Å². The number of piperidine rings is 1. The molecule has 2 aromatic rings. The highest BCUT2D eigenvalue weighted by molar-refractivity contribution is 5.98. The van der Waals surface area contributed by atoms with Crippen LogP contribution in [0, 0.1) is 0 Å². The molecule has 0 bridgehead atoms. The minimum Gasteiger partial charge on any atom is -0.483 e. The third-order valence-electron chi connectivity index (χ3n) is 6.61. The summed E-state index contributed by atoms with van der Waals surface area (Å²) in [6, 6.07) is 10.7. The van der Waals surface area contributed by atoms with Crippen molar-refractivity contribution in [3.63, 3.8) is 0 Å². The molecule has 3 aliphatic rings. The van der Waals surface area contributed by atoms with E-state index in [-0.39, 0.29) is 23.9 Å². The molecule has 2 amide bonds. The summed E-state index contributed by atoms with van der Waals surface area (Å²) in [7, 11) is 0. The molecule has 0 unspecified atom stereocenters. The summed E-state index contributed by atoms with van der Waals surface area (Å²) in [4.78, 5) is 27.4. The first-order valence-electron chi connectivity index (χ1n) is 10.9. The fourth-order valence-corrected chi connectivity index (χ4v) is 4.79. The van der Waals surface area contributed by atoms with E-state index in [1.807, 2.05) is 36.9 Å².